The van der Waals surface area contributed by atoms with Gasteiger partial charge in [0.15, 0.2) is 0 Å². The molecule has 0 spiro atoms. The first-order valence-electron chi connectivity index (χ1n) is 6.27. The van der Waals surface area contributed by atoms with Gasteiger partial charge in [-0.3, -0.25) is 9.67 Å². The van der Waals surface area contributed by atoms with Crippen LogP contribution < -0.4 is 5.73 Å². The zero-order chi connectivity index (χ0) is 12.9. The molecule has 0 saturated heterocycles. The summed E-state index contributed by atoms with van der Waals surface area (Å²) in [5, 5.41) is 4.43. The highest BCUT2D eigenvalue weighted by Gasteiger charge is 2.41. The van der Waals surface area contributed by atoms with Crippen LogP contribution in [-0.4, -0.2) is 14.8 Å². The Morgan fingerprint density at radius 1 is 1.28 bits per heavy atom. The molecule has 1 saturated carbocycles. The summed E-state index contributed by atoms with van der Waals surface area (Å²) in [6, 6.07) is 4.15. The molecular formula is C14H18N4. The van der Waals surface area contributed by atoms with E-state index in [1.807, 2.05) is 30.9 Å². The molecule has 3 rings (SSSR count). The Hall–Kier alpha value is -1.68. The molecule has 18 heavy (non-hydrogen) atoms. The molecule has 2 aromatic heterocycles. The minimum atomic E-state index is -0.155. The maximum absolute atomic E-state index is 6.14. The normalized spacial score (nSPS) is 16.9. The Labute approximate surface area is 107 Å². The SMILES string of the molecule is Cc1nn(C)c(C)c1-c1ccc(C2(N)CC2)nc1. The first-order chi connectivity index (χ1) is 8.51. The van der Waals surface area contributed by atoms with Crippen LogP contribution in [0.4, 0.5) is 0 Å². The fourth-order valence-corrected chi connectivity index (χ4v) is 2.42. The van der Waals surface area contributed by atoms with Gasteiger partial charge in [0.2, 0.25) is 0 Å². The van der Waals surface area contributed by atoms with E-state index in [9.17, 15) is 0 Å². The number of nitrogens with zero attached hydrogens (tertiary/aromatic N) is 3. The van der Waals surface area contributed by atoms with Crippen LogP contribution in [0.3, 0.4) is 0 Å². The van der Waals surface area contributed by atoms with E-state index in [2.05, 4.69) is 23.1 Å². The van der Waals surface area contributed by atoms with Crippen molar-refractivity contribution in [1.82, 2.24) is 14.8 Å². The summed E-state index contributed by atoms with van der Waals surface area (Å²) in [6.07, 6.45) is 4.01. The molecule has 0 radical (unpaired) electrons. The van der Waals surface area contributed by atoms with Crippen molar-refractivity contribution >= 4 is 0 Å². The molecule has 2 N–H and O–H groups in total. The third-order valence-electron chi connectivity index (χ3n) is 3.86. The van der Waals surface area contributed by atoms with Crippen LogP contribution in [0.5, 0.6) is 0 Å². The Bertz CT molecular complexity index is 591. The first-order valence-corrected chi connectivity index (χ1v) is 6.27. The van der Waals surface area contributed by atoms with Crippen LogP contribution in [0, 0.1) is 13.8 Å². The van der Waals surface area contributed by atoms with E-state index in [1.54, 1.807) is 0 Å². The lowest BCUT2D eigenvalue weighted by Crippen LogP contribution is -2.19. The van der Waals surface area contributed by atoms with E-state index in [4.69, 9.17) is 5.73 Å². The summed E-state index contributed by atoms with van der Waals surface area (Å²) in [5.41, 5.74) is 11.5. The minimum Gasteiger partial charge on any atom is -0.320 e. The molecule has 2 heterocycles. The zero-order valence-electron chi connectivity index (χ0n) is 11.1. The van der Waals surface area contributed by atoms with Crippen molar-refractivity contribution in [3.8, 4) is 11.1 Å². The summed E-state index contributed by atoms with van der Waals surface area (Å²) in [4.78, 5) is 4.52. The lowest BCUT2D eigenvalue weighted by atomic mass is 10.0. The second-order valence-electron chi connectivity index (χ2n) is 5.26. The molecule has 0 bridgehead atoms. The fourth-order valence-electron chi connectivity index (χ4n) is 2.42. The standard InChI is InChI=1S/C14H18N4/c1-9-13(10(2)18(3)17-9)11-4-5-12(16-8-11)14(15)6-7-14/h4-5,8H,6-7,15H2,1-3H3. The zero-order valence-corrected chi connectivity index (χ0v) is 11.1. The molecule has 4 nitrogen and oxygen atoms in total. The predicted molar refractivity (Wildman–Crippen MR) is 71.0 cm³/mol. The quantitative estimate of drug-likeness (QED) is 0.876. The smallest absolute Gasteiger partial charge is 0.0675 e. The minimum absolute atomic E-state index is 0.155. The van der Waals surface area contributed by atoms with E-state index in [0.29, 0.717) is 0 Å². The highest BCUT2D eigenvalue weighted by Crippen LogP contribution is 2.41. The summed E-state index contributed by atoms with van der Waals surface area (Å²) in [6.45, 7) is 4.11. The number of nitrogens with two attached hydrogens (primary N) is 1. The number of rotatable bonds is 2. The first kappa shape index (κ1) is 11.4. The van der Waals surface area contributed by atoms with Gasteiger partial charge in [-0.15, -0.1) is 0 Å². The molecule has 1 aliphatic rings. The molecule has 0 aliphatic heterocycles. The molecular weight excluding hydrogens is 224 g/mol. The van der Waals surface area contributed by atoms with E-state index in [-0.39, 0.29) is 5.54 Å². The topological polar surface area (TPSA) is 56.7 Å². The van der Waals surface area contributed by atoms with Crippen molar-refractivity contribution in [2.45, 2.75) is 32.2 Å². The van der Waals surface area contributed by atoms with Crippen molar-refractivity contribution in [3.05, 3.63) is 35.4 Å². The van der Waals surface area contributed by atoms with Gasteiger partial charge >= 0.3 is 0 Å². The van der Waals surface area contributed by atoms with Crippen molar-refractivity contribution in [1.29, 1.82) is 0 Å². The van der Waals surface area contributed by atoms with Gasteiger partial charge in [0.25, 0.3) is 0 Å². The second-order valence-corrected chi connectivity index (χ2v) is 5.26. The number of hydrogen-bond acceptors (Lipinski definition) is 3. The molecule has 94 valence electrons. The number of aromatic nitrogens is 3. The van der Waals surface area contributed by atoms with Crippen LogP contribution in [0.2, 0.25) is 0 Å². The lowest BCUT2D eigenvalue weighted by Gasteiger charge is -2.09. The van der Waals surface area contributed by atoms with Gasteiger partial charge in [0, 0.05) is 30.1 Å². The van der Waals surface area contributed by atoms with Gasteiger partial charge in [-0.05, 0) is 32.8 Å². The Balaban J connectivity index is 2.02. The molecule has 0 amide bonds. The predicted octanol–water partition coefficient (Wildman–Crippen LogP) is 2.05. The number of hydrogen-bond donors (Lipinski definition) is 1. The Kier molecular flexibility index (Phi) is 2.32. The van der Waals surface area contributed by atoms with Crippen LogP contribution in [0.1, 0.15) is 29.9 Å². The second kappa shape index (κ2) is 3.65. The third-order valence-corrected chi connectivity index (χ3v) is 3.86. The van der Waals surface area contributed by atoms with Gasteiger partial charge in [-0.25, -0.2) is 0 Å². The molecule has 0 aromatic carbocycles. The van der Waals surface area contributed by atoms with Crippen molar-refractivity contribution in [3.63, 3.8) is 0 Å². The van der Waals surface area contributed by atoms with E-state index in [0.717, 1.165) is 35.5 Å². The molecule has 1 fully saturated rings. The maximum atomic E-state index is 6.14. The summed E-state index contributed by atoms with van der Waals surface area (Å²) < 4.78 is 1.91. The molecule has 4 heteroatoms. The van der Waals surface area contributed by atoms with Crippen LogP contribution in [-0.2, 0) is 12.6 Å². The maximum Gasteiger partial charge on any atom is 0.0675 e. The van der Waals surface area contributed by atoms with Gasteiger partial charge in [0.05, 0.1) is 16.9 Å². The molecule has 0 atom stereocenters. The van der Waals surface area contributed by atoms with Gasteiger partial charge < -0.3 is 5.73 Å². The van der Waals surface area contributed by atoms with E-state index < -0.39 is 0 Å². The summed E-state index contributed by atoms with van der Waals surface area (Å²) >= 11 is 0. The lowest BCUT2D eigenvalue weighted by molar-refractivity contribution is 0.708. The Morgan fingerprint density at radius 3 is 2.44 bits per heavy atom. The highest BCUT2D eigenvalue weighted by molar-refractivity contribution is 5.67. The van der Waals surface area contributed by atoms with Gasteiger partial charge in [-0.2, -0.15) is 5.10 Å². The largest absolute Gasteiger partial charge is 0.320 e. The van der Waals surface area contributed by atoms with Crippen molar-refractivity contribution < 1.29 is 0 Å². The summed E-state index contributed by atoms with van der Waals surface area (Å²) in [5.74, 6) is 0. The van der Waals surface area contributed by atoms with Gasteiger partial charge in [0.1, 0.15) is 0 Å². The van der Waals surface area contributed by atoms with Crippen molar-refractivity contribution in [2.75, 3.05) is 0 Å². The van der Waals surface area contributed by atoms with Gasteiger partial charge in [-0.1, -0.05) is 6.07 Å². The highest BCUT2D eigenvalue weighted by atomic mass is 15.3. The van der Waals surface area contributed by atoms with Crippen LogP contribution >= 0.6 is 0 Å². The van der Waals surface area contributed by atoms with Crippen LogP contribution in [0.15, 0.2) is 18.3 Å². The molecule has 0 unspecified atom stereocenters. The number of pyridine rings is 1. The third kappa shape index (κ3) is 1.64. The van der Waals surface area contributed by atoms with Crippen LogP contribution in [0.25, 0.3) is 11.1 Å². The fraction of sp³-hybridized carbons (Fsp3) is 0.429. The van der Waals surface area contributed by atoms with E-state index >= 15 is 0 Å². The number of aryl methyl sites for hydroxylation is 2. The van der Waals surface area contributed by atoms with Crippen molar-refractivity contribution in [2.24, 2.45) is 12.8 Å². The molecule has 2 aromatic rings. The Morgan fingerprint density at radius 2 is 2.00 bits per heavy atom. The molecule has 1 aliphatic carbocycles. The van der Waals surface area contributed by atoms with E-state index in [1.165, 1.54) is 5.56 Å². The average molecular weight is 242 g/mol. The summed E-state index contributed by atoms with van der Waals surface area (Å²) in [7, 11) is 1.96. The monoisotopic (exact) mass is 242 g/mol. The average Bonchev–Trinajstić information content (AvgIpc) is 3.03.